The zero-order valence-electron chi connectivity index (χ0n) is 12.0. The Bertz CT molecular complexity index is 471. The lowest BCUT2D eigenvalue weighted by atomic mass is 9.93. The molecular weight excluding hydrogens is 278 g/mol. The van der Waals surface area contributed by atoms with Crippen molar-refractivity contribution in [3.05, 3.63) is 12.2 Å². The van der Waals surface area contributed by atoms with Gasteiger partial charge in [-0.3, -0.25) is 4.79 Å². The molecule has 1 aliphatic carbocycles. The number of ether oxygens (including phenoxy) is 1. The molecule has 1 heterocycles. The first-order valence-corrected chi connectivity index (χ1v) is 9.03. The number of hydrogen-bond acceptors (Lipinski definition) is 5. The molecule has 0 aromatic rings. The molecule has 1 atom stereocenters. The highest BCUT2D eigenvalue weighted by Gasteiger charge is 2.28. The van der Waals surface area contributed by atoms with E-state index in [0.29, 0.717) is 26.1 Å². The van der Waals surface area contributed by atoms with Gasteiger partial charge >= 0.3 is 5.97 Å². The quantitative estimate of drug-likeness (QED) is 0.576. The molecule has 6 heteroatoms. The van der Waals surface area contributed by atoms with Crippen molar-refractivity contribution in [2.45, 2.75) is 38.2 Å². The van der Waals surface area contributed by atoms with Gasteiger partial charge in [-0.2, -0.15) is 0 Å². The summed E-state index contributed by atoms with van der Waals surface area (Å²) in [6.45, 7) is 3.56. The van der Waals surface area contributed by atoms with Crippen LogP contribution in [0.4, 0.5) is 0 Å². The Morgan fingerprint density at radius 1 is 1.35 bits per heavy atom. The van der Waals surface area contributed by atoms with Gasteiger partial charge in [0.15, 0.2) is 9.84 Å². The molecule has 0 bridgehead atoms. The second-order valence-electron chi connectivity index (χ2n) is 5.82. The number of nitrogens with zero attached hydrogens (tertiary/aromatic N) is 1. The summed E-state index contributed by atoms with van der Waals surface area (Å²) < 4.78 is 28.2. The van der Waals surface area contributed by atoms with Gasteiger partial charge in [0.1, 0.15) is 5.60 Å². The van der Waals surface area contributed by atoms with Crippen LogP contribution in [0.15, 0.2) is 12.2 Å². The average Bonchev–Trinajstić information content (AvgIpc) is 2.38. The minimum Gasteiger partial charge on any atom is -0.455 e. The Hall–Kier alpha value is -0.880. The van der Waals surface area contributed by atoms with Crippen LogP contribution in [0.2, 0.25) is 0 Å². The van der Waals surface area contributed by atoms with Gasteiger partial charge in [0.25, 0.3) is 0 Å². The Balaban J connectivity index is 1.73. The van der Waals surface area contributed by atoms with Crippen LogP contribution in [0.25, 0.3) is 0 Å². The summed E-state index contributed by atoms with van der Waals surface area (Å²) in [6, 6.07) is 0. The molecule has 0 saturated carbocycles. The van der Waals surface area contributed by atoms with Crippen molar-refractivity contribution in [2.75, 3.05) is 31.1 Å². The highest BCUT2D eigenvalue weighted by atomic mass is 32.2. The van der Waals surface area contributed by atoms with Crippen LogP contribution in [0.5, 0.6) is 0 Å². The maximum absolute atomic E-state index is 11.9. The summed E-state index contributed by atoms with van der Waals surface area (Å²) in [5, 5.41) is 0. The van der Waals surface area contributed by atoms with Crippen molar-refractivity contribution in [1.82, 2.24) is 4.90 Å². The van der Waals surface area contributed by atoms with Gasteiger partial charge in [-0.15, -0.1) is 0 Å². The summed E-state index contributed by atoms with van der Waals surface area (Å²) in [4.78, 5) is 13.9. The van der Waals surface area contributed by atoms with Crippen molar-refractivity contribution in [2.24, 2.45) is 0 Å². The molecule has 114 valence electrons. The number of sulfone groups is 1. The van der Waals surface area contributed by atoms with Gasteiger partial charge in [-0.1, -0.05) is 6.08 Å². The van der Waals surface area contributed by atoms with Crippen molar-refractivity contribution in [3.63, 3.8) is 0 Å². The molecule has 2 rings (SSSR count). The van der Waals surface area contributed by atoms with Crippen LogP contribution in [-0.2, 0) is 19.4 Å². The molecule has 0 radical (unpaired) electrons. The first kappa shape index (κ1) is 15.5. The molecule has 1 saturated heterocycles. The summed E-state index contributed by atoms with van der Waals surface area (Å²) in [5.41, 5.74) is -0.458. The minimum absolute atomic E-state index is 0.197. The number of hydrogen-bond donors (Lipinski definition) is 0. The minimum atomic E-state index is -2.85. The third-order valence-electron chi connectivity index (χ3n) is 3.93. The summed E-state index contributed by atoms with van der Waals surface area (Å²) in [6.07, 6.45) is 7.33. The van der Waals surface area contributed by atoms with Crippen molar-refractivity contribution >= 4 is 15.8 Å². The first-order valence-electron chi connectivity index (χ1n) is 7.21. The zero-order chi connectivity index (χ0) is 14.6. The third kappa shape index (κ3) is 4.59. The summed E-state index contributed by atoms with van der Waals surface area (Å²) >= 11 is 0. The van der Waals surface area contributed by atoms with Gasteiger partial charge in [0, 0.05) is 19.6 Å². The lowest BCUT2D eigenvalue weighted by molar-refractivity contribution is -0.155. The fourth-order valence-corrected chi connectivity index (χ4v) is 3.88. The van der Waals surface area contributed by atoms with Crippen molar-refractivity contribution < 1.29 is 17.9 Å². The second kappa shape index (κ2) is 6.26. The molecule has 2 aliphatic rings. The number of rotatable bonds is 4. The van der Waals surface area contributed by atoms with Crippen LogP contribution in [0.3, 0.4) is 0 Å². The highest BCUT2D eigenvalue weighted by molar-refractivity contribution is 7.91. The van der Waals surface area contributed by atoms with Crippen LogP contribution in [-0.4, -0.2) is 56.0 Å². The van der Waals surface area contributed by atoms with Gasteiger partial charge in [-0.05, 0) is 32.3 Å². The number of carbonyl (C=O) groups excluding carboxylic acids is 1. The van der Waals surface area contributed by atoms with Crippen LogP contribution in [0.1, 0.15) is 32.6 Å². The molecule has 0 aromatic carbocycles. The first-order chi connectivity index (χ1) is 9.39. The summed E-state index contributed by atoms with van der Waals surface area (Å²) in [7, 11) is -2.85. The lowest BCUT2D eigenvalue weighted by Gasteiger charge is -2.30. The van der Waals surface area contributed by atoms with Crippen LogP contribution >= 0.6 is 0 Å². The highest BCUT2D eigenvalue weighted by Crippen LogP contribution is 2.25. The van der Waals surface area contributed by atoms with Gasteiger partial charge in [-0.25, -0.2) is 8.42 Å². The molecule has 0 N–H and O–H groups in total. The average molecular weight is 301 g/mol. The molecule has 0 spiro atoms. The Labute approximate surface area is 120 Å². The molecule has 1 aliphatic heterocycles. The number of carbonyl (C=O) groups is 1. The predicted molar refractivity (Wildman–Crippen MR) is 77.2 cm³/mol. The largest absolute Gasteiger partial charge is 0.455 e. The number of esters is 1. The van der Waals surface area contributed by atoms with Gasteiger partial charge in [0.05, 0.1) is 17.9 Å². The van der Waals surface area contributed by atoms with E-state index in [9.17, 15) is 13.2 Å². The van der Waals surface area contributed by atoms with E-state index in [4.69, 9.17) is 4.74 Å². The Morgan fingerprint density at radius 2 is 2.05 bits per heavy atom. The second-order valence-corrected chi connectivity index (χ2v) is 8.13. The fourth-order valence-electron chi connectivity index (χ4n) is 2.61. The maximum Gasteiger partial charge on any atom is 0.307 e. The van der Waals surface area contributed by atoms with Crippen LogP contribution in [0, 0.1) is 0 Å². The maximum atomic E-state index is 11.9. The van der Waals surface area contributed by atoms with E-state index >= 15 is 0 Å². The SMILES string of the molecule is CC1(OC(=O)CCN2CCS(=O)(=O)CC2)C=CCCC1. The molecule has 0 aromatic heterocycles. The van der Waals surface area contributed by atoms with E-state index < -0.39 is 15.4 Å². The topological polar surface area (TPSA) is 63.7 Å². The normalized spacial score (nSPS) is 30.1. The van der Waals surface area contributed by atoms with Gasteiger partial charge in [0.2, 0.25) is 0 Å². The van der Waals surface area contributed by atoms with E-state index in [-0.39, 0.29) is 17.5 Å². The zero-order valence-corrected chi connectivity index (χ0v) is 12.8. The molecule has 20 heavy (non-hydrogen) atoms. The van der Waals surface area contributed by atoms with E-state index in [2.05, 4.69) is 6.08 Å². The standard InChI is InChI=1S/C14H23NO4S/c1-14(6-3-2-4-7-14)19-13(16)5-8-15-9-11-20(17,18)12-10-15/h3,6H,2,4-5,7-12H2,1H3. The molecule has 1 fully saturated rings. The van der Waals surface area contributed by atoms with Crippen molar-refractivity contribution in [3.8, 4) is 0 Å². The monoisotopic (exact) mass is 301 g/mol. The predicted octanol–water partition coefficient (Wildman–Crippen LogP) is 1.15. The Morgan fingerprint density at radius 3 is 2.65 bits per heavy atom. The Kier molecular flexibility index (Phi) is 4.86. The van der Waals surface area contributed by atoms with E-state index in [1.54, 1.807) is 0 Å². The van der Waals surface area contributed by atoms with E-state index in [1.165, 1.54) is 0 Å². The van der Waals surface area contributed by atoms with E-state index in [1.807, 2.05) is 17.9 Å². The molecule has 0 amide bonds. The fraction of sp³-hybridized carbons (Fsp3) is 0.786. The smallest absolute Gasteiger partial charge is 0.307 e. The number of allylic oxidation sites excluding steroid dienone is 1. The molecule has 5 nitrogen and oxygen atoms in total. The summed E-state index contributed by atoms with van der Waals surface area (Å²) in [5.74, 6) is 0.192. The molecule has 1 unspecified atom stereocenters. The molecular formula is C14H23NO4S. The third-order valence-corrected chi connectivity index (χ3v) is 5.54. The van der Waals surface area contributed by atoms with Gasteiger partial charge < -0.3 is 9.64 Å². The van der Waals surface area contributed by atoms with Crippen LogP contribution < -0.4 is 0 Å². The lowest BCUT2D eigenvalue weighted by Crippen LogP contribution is -2.41. The van der Waals surface area contributed by atoms with E-state index in [0.717, 1.165) is 19.3 Å². The van der Waals surface area contributed by atoms with Crippen molar-refractivity contribution in [1.29, 1.82) is 0 Å².